The van der Waals surface area contributed by atoms with Gasteiger partial charge in [0.15, 0.2) is 17.9 Å². The summed E-state index contributed by atoms with van der Waals surface area (Å²) in [6.07, 6.45) is 8.63. The molecule has 0 aromatic carbocycles. The maximum absolute atomic E-state index is 12.5. The minimum atomic E-state index is -0.357. The van der Waals surface area contributed by atoms with Crippen LogP contribution in [-0.2, 0) is 19.1 Å². The summed E-state index contributed by atoms with van der Waals surface area (Å²) in [5, 5.41) is 9.48. The van der Waals surface area contributed by atoms with Crippen molar-refractivity contribution >= 4 is 11.6 Å². The van der Waals surface area contributed by atoms with E-state index in [1.165, 1.54) is 5.57 Å². The van der Waals surface area contributed by atoms with Gasteiger partial charge in [0.25, 0.3) is 0 Å². The minimum Gasteiger partial charge on any atom is -0.389 e. The molecule has 0 aromatic rings. The number of carbonyl (C=O) groups excluding carboxylic acids is 2. The predicted molar refractivity (Wildman–Crippen MR) is 97.7 cm³/mol. The fourth-order valence-corrected chi connectivity index (χ4v) is 8.15. The van der Waals surface area contributed by atoms with E-state index in [0.29, 0.717) is 18.3 Å². The monoisotopic (exact) mass is 374 g/mol. The van der Waals surface area contributed by atoms with Crippen LogP contribution in [-0.4, -0.2) is 42.3 Å². The Bertz CT molecular complexity index is 728. The first-order valence-corrected chi connectivity index (χ1v) is 10.5. The molecule has 1 heterocycles. The molecule has 4 fully saturated rings. The molecule has 2 bridgehead atoms. The summed E-state index contributed by atoms with van der Waals surface area (Å²) in [5.41, 5.74) is 0.719. The van der Waals surface area contributed by atoms with Gasteiger partial charge in [0.05, 0.1) is 5.60 Å². The quantitative estimate of drug-likeness (QED) is 0.822. The summed E-state index contributed by atoms with van der Waals surface area (Å²) >= 11 is 0. The molecule has 5 heteroatoms. The lowest BCUT2D eigenvalue weighted by molar-refractivity contribution is -0.209. The van der Waals surface area contributed by atoms with E-state index in [1.54, 1.807) is 7.11 Å². The highest BCUT2D eigenvalue weighted by Gasteiger charge is 2.74. The van der Waals surface area contributed by atoms with E-state index < -0.39 is 0 Å². The SMILES string of the molecule is CO[C@@H]1O[C@]23CCC4=CC(=O)CC[C@@]41[C@@H]2CC[C@@]1(C)[C@H](C(=O)CO)CC[C@@H]13. The number of methoxy groups -OCH3 is 1. The first-order valence-electron chi connectivity index (χ1n) is 10.5. The first kappa shape index (κ1) is 18.0. The third-order valence-corrected chi connectivity index (χ3v) is 9.12. The number of hydrogen-bond donors (Lipinski definition) is 1. The number of ether oxygens (including phenoxy) is 2. The third kappa shape index (κ3) is 2.01. The van der Waals surface area contributed by atoms with Crippen LogP contribution in [0.3, 0.4) is 0 Å². The van der Waals surface area contributed by atoms with Crippen molar-refractivity contribution in [3.8, 4) is 0 Å². The zero-order chi connectivity index (χ0) is 19.0. The molecule has 5 aliphatic rings. The van der Waals surface area contributed by atoms with E-state index >= 15 is 0 Å². The number of aliphatic hydroxyl groups excluding tert-OH is 1. The summed E-state index contributed by atoms with van der Waals surface area (Å²) in [7, 11) is 1.72. The number of carbonyl (C=O) groups is 2. The van der Waals surface area contributed by atoms with E-state index in [2.05, 4.69) is 6.92 Å². The van der Waals surface area contributed by atoms with Crippen LogP contribution in [0.15, 0.2) is 11.6 Å². The molecule has 3 saturated carbocycles. The molecule has 1 saturated heterocycles. The van der Waals surface area contributed by atoms with Gasteiger partial charge in [-0.25, -0.2) is 0 Å². The Labute approximate surface area is 160 Å². The second-order valence-electron chi connectivity index (χ2n) is 9.72. The van der Waals surface area contributed by atoms with Crippen molar-refractivity contribution in [1.82, 2.24) is 0 Å². The highest BCUT2D eigenvalue weighted by atomic mass is 16.7. The standard InChI is InChI=1S/C22H30O5/c1-20-8-7-18-21-9-6-14(24)11-13(21)5-10-22(18,27-19(21)26-2)17(20)4-3-15(20)16(25)12-23/h11,15,17-19,23H,3-10,12H2,1-2H3/t15-,17-,18-,19+,20-,21-,22-/m0/s1. The van der Waals surface area contributed by atoms with Gasteiger partial charge in [0.2, 0.25) is 0 Å². The lowest BCUT2D eigenvalue weighted by Gasteiger charge is -2.58. The Balaban J connectivity index is 1.60. The van der Waals surface area contributed by atoms with Gasteiger partial charge in [-0.05, 0) is 62.4 Å². The maximum Gasteiger partial charge on any atom is 0.167 e. The van der Waals surface area contributed by atoms with E-state index in [1.807, 2.05) is 6.08 Å². The van der Waals surface area contributed by atoms with Crippen LogP contribution < -0.4 is 0 Å². The van der Waals surface area contributed by atoms with Gasteiger partial charge in [-0.2, -0.15) is 0 Å². The Hall–Kier alpha value is -1.04. The van der Waals surface area contributed by atoms with E-state index in [-0.39, 0.29) is 46.8 Å². The number of rotatable bonds is 3. The number of aliphatic hydroxyl groups is 1. The van der Waals surface area contributed by atoms with Crippen LogP contribution in [0.4, 0.5) is 0 Å². The van der Waals surface area contributed by atoms with Gasteiger partial charge in [0.1, 0.15) is 6.61 Å². The number of ketones is 2. The number of fused-ring (bicyclic) bond motifs is 1. The molecule has 0 radical (unpaired) electrons. The van der Waals surface area contributed by atoms with E-state index in [4.69, 9.17) is 9.47 Å². The number of Topliss-reactive ketones (excluding diaryl/α,β-unsaturated/α-hetero) is 1. The number of hydrogen-bond acceptors (Lipinski definition) is 5. The van der Waals surface area contributed by atoms with E-state index in [9.17, 15) is 14.7 Å². The summed E-state index contributed by atoms with van der Waals surface area (Å²) in [6.45, 7) is 1.89. The van der Waals surface area contributed by atoms with Crippen molar-refractivity contribution in [3.05, 3.63) is 11.6 Å². The van der Waals surface area contributed by atoms with Crippen molar-refractivity contribution in [3.63, 3.8) is 0 Å². The average Bonchev–Trinajstić information content (AvgIpc) is 3.11. The van der Waals surface area contributed by atoms with Crippen LogP contribution in [0.1, 0.15) is 58.3 Å². The summed E-state index contributed by atoms with van der Waals surface area (Å²) in [5.74, 6) is 0.851. The van der Waals surface area contributed by atoms with Crippen molar-refractivity contribution in [2.75, 3.05) is 13.7 Å². The molecule has 5 nitrogen and oxygen atoms in total. The molecule has 4 aliphatic carbocycles. The van der Waals surface area contributed by atoms with Gasteiger partial charge in [-0.15, -0.1) is 0 Å². The molecule has 27 heavy (non-hydrogen) atoms. The molecule has 1 aliphatic heterocycles. The fraction of sp³-hybridized carbons (Fsp3) is 0.818. The molecule has 0 aromatic heterocycles. The largest absolute Gasteiger partial charge is 0.389 e. The van der Waals surface area contributed by atoms with Gasteiger partial charge in [0, 0.05) is 30.8 Å². The third-order valence-electron chi connectivity index (χ3n) is 9.12. The van der Waals surface area contributed by atoms with Crippen molar-refractivity contribution in [1.29, 1.82) is 0 Å². The molecule has 7 atom stereocenters. The minimum absolute atomic E-state index is 0.00879. The highest BCUT2D eigenvalue weighted by Crippen LogP contribution is 2.74. The fourth-order valence-electron chi connectivity index (χ4n) is 8.15. The van der Waals surface area contributed by atoms with Crippen LogP contribution in [0.25, 0.3) is 0 Å². The van der Waals surface area contributed by atoms with Crippen LogP contribution in [0, 0.1) is 28.6 Å². The van der Waals surface area contributed by atoms with Gasteiger partial charge in [-0.1, -0.05) is 12.5 Å². The van der Waals surface area contributed by atoms with Crippen molar-refractivity contribution in [2.24, 2.45) is 28.6 Å². The molecule has 5 rings (SSSR count). The smallest absolute Gasteiger partial charge is 0.167 e. The first-order chi connectivity index (χ1) is 12.9. The summed E-state index contributed by atoms with van der Waals surface area (Å²) in [4.78, 5) is 24.6. The Morgan fingerprint density at radius 3 is 2.78 bits per heavy atom. The Morgan fingerprint density at radius 2 is 2.04 bits per heavy atom. The van der Waals surface area contributed by atoms with Crippen molar-refractivity contribution < 1.29 is 24.2 Å². The van der Waals surface area contributed by atoms with Crippen LogP contribution in [0.2, 0.25) is 0 Å². The van der Waals surface area contributed by atoms with Crippen LogP contribution >= 0.6 is 0 Å². The molecular weight excluding hydrogens is 344 g/mol. The van der Waals surface area contributed by atoms with Crippen LogP contribution in [0.5, 0.6) is 0 Å². The normalized spacial score (nSPS) is 50.6. The topological polar surface area (TPSA) is 72.8 Å². The second-order valence-corrected chi connectivity index (χ2v) is 9.72. The molecular formula is C22H30O5. The van der Waals surface area contributed by atoms with Gasteiger partial charge < -0.3 is 14.6 Å². The zero-order valence-corrected chi connectivity index (χ0v) is 16.3. The molecule has 1 N–H and O–H groups in total. The molecule has 0 unspecified atom stereocenters. The molecule has 1 spiro atoms. The second kappa shape index (κ2) is 5.74. The van der Waals surface area contributed by atoms with Gasteiger partial charge in [-0.3, -0.25) is 9.59 Å². The average molecular weight is 374 g/mol. The van der Waals surface area contributed by atoms with Gasteiger partial charge >= 0.3 is 0 Å². The predicted octanol–water partition coefficient (Wildman–Crippen LogP) is 2.80. The van der Waals surface area contributed by atoms with E-state index in [0.717, 1.165) is 44.9 Å². The lowest BCUT2D eigenvalue weighted by atomic mass is 9.45. The Morgan fingerprint density at radius 1 is 1.22 bits per heavy atom. The maximum atomic E-state index is 12.5. The molecule has 0 amide bonds. The Kier molecular flexibility index (Phi) is 3.83. The highest BCUT2D eigenvalue weighted by molar-refractivity contribution is 5.92. The summed E-state index contributed by atoms with van der Waals surface area (Å²) in [6, 6.07) is 0. The zero-order valence-electron chi connectivity index (χ0n) is 16.3. The lowest BCUT2D eigenvalue weighted by Crippen LogP contribution is -2.59. The molecule has 148 valence electrons. The van der Waals surface area contributed by atoms with Crippen molar-refractivity contribution in [2.45, 2.75) is 70.2 Å². The summed E-state index contributed by atoms with van der Waals surface area (Å²) < 4.78 is 12.7.